The van der Waals surface area contributed by atoms with Gasteiger partial charge in [-0.1, -0.05) is 18.2 Å². The van der Waals surface area contributed by atoms with Gasteiger partial charge in [0.15, 0.2) is 5.96 Å². The Morgan fingerprint density at radius 1 is 1.33 bits per heavy atom. The van der Waals surface area contributed by atoms with Gasteiger partial charge in [0.05, 0.1) is 5.69 Å². The highest BCUT2D eigenvalue weighted by atomic mass is 127. The maximum absolute atomic E-state index is 4.12. The molecule has 1 heterocycles. The molecule has 7 heteroatoms. The molecule has 1 aromatic carbocycles. The van der Waals surface area contributed by atoms with Crippen LogP contribution in [0.4, 0.5) is 0 Å². The fourth-order valence-corrected chi connectivity index (χ4v) is 1.68. The minimum atomic E-state index is 0. The molecule has 2 aromatic rings. The van der Waals surface area contributed by atoms with Crippen molar-refractivity contribution in [3.63, 3.8) is 0 Å². The molecule has 0 aliphatic heterocycles. The summed E-state index contributed by atoms with van der Waals surface area (Å²) >= 11 is 0. The van der Waals surface area contributed by atoms with Crippen LogP contribution in [-0.2, 0) is 6.54 Å². The molecule has 0 bridgehead atoms. The monoisotopic (exact) mass is 398 g/mol. The third-order valence-electron chi connectivity index (χ3n) is 2.72. The van der Waals surface area contributed by atoms with Crippen LogP contribution in [0.2, 0.25) is 0 Å². The number of guanidine groups is 1. The van der Waals surface area contributed by atoms with Crippen molar-refractivity contribution >= 4 is 29.9 Å². The van der Waals surface area contributed by atoms with Gasteiger partial charge in [0.25, 0.3) is 0 Å². The van der Waals surface area contributed by atoms with Gasteiger partial charge in [-0.15, -0.1) is 30.6 Å². The molecule has 112 valence electrons. The molecule has 6 nitrogen and oxygen atoms in total. The van der Waals surface area contributed by atoms with Crippen LogP contribution >= 0.6 is 24.0 Å². The largest absolute Gasteiger partial charge is 0.353 e. The molecule has 0 unspecified atom stereocenters. The summed E-state index contributed by atoms with van der Waals surface area (Å²) in [5.74, 6) is 0.755. The van der Waals surface area contributed by atoms with Crippen molar-refractivity contribution in [1.82, 2.24) is 25.4 Å². The lowest BCUT2D eigenvalue weighted by atomic mass is 10.2. The van der Waals surface area contributed by atoms with Crippen LogP contribution in [0.15, 0.2) is 54.6 Å². The predicted molar refractivity (Wildman–Crippen MR) is 95.2 cm³/mol. The third kappa shape index (κ3) is 5.18. The number of hydrogen-bond acceptors (Lipinski definition) is 3. The first-order chi connectivity index (χ1) is 9.83. The summed E-state index contributed by atoms with van der Waals surface area (Å²) in [6.45, 7) is 5.05. The summed E-state index contributed by atoms with van der Waals surface area (Å²) in [6.07, 6.45) is 4.98. The van der Waals surface area contributed by atoms with Crippen LogP contribution in [0.3, 0.4) is 0 Å². The molecule has 2 rings (SSSR count). The fraction of sp³-hybridized carbons (Fsp3) is 0.214. The Labute approximate surface area is 141 Å². The van der Waals surface area contributed by atoms with Crippen LogP contribution in [0.5, 0.6) is 0 Å². The first kappa shape index (κ1) is 17.2. The van der Waals surface area contributed by atoms with Crippen molar-refractivity contribution in [2.45, 2.75) is 6.54 Å². The van der Waals surface area contributed by atoms with Gasteiger partial charge in [0, 0.05) is 20.1 Å². The van der Waals surface area contributed by atoms with Crippen LogP contribution in [0, 0.1) is 0 Å². The van der Waals surface area contributed by atoms with E-state index in [-0.39, 0.29) is 24.0 Å². The number of nitrogens with one attached hydrogen (secondary N) is 2. The molecule has 0 amide bonds. The highest BCUT2D eigenvalue weighted by Crippen LogP contribution is 2.07. The van der Waals surface area contributed by atoms with Crippen molar-refractivity contribution in [1.29, 1.82) is 0 Å². The number of aliphatic imine (C=N–C) groups is 1. The van der Waals surface area contributed by atoms with Crippen molar-refractivity contribution in [2.24, 2.45) is 4.99 Å². The van der Waals surface area contributed by atoms with E-state index in [4.69, 9.17) is 0 Å². The molecule has 0 saturated carbocycles. The Kier molecular flexibility index (Phi) is 7.44. The second kappa shape index (κ2) is 9.11. The van der Waals surface area contributed by atoms with E-state index in [0.29, 0.717) is 13.1 Å². The Morgan fingerprint density at radius 2 is 2.10 bits per heavy atom. The number of benzene rings is 1. The van der Waals surface area contributed by atoms with Crippen LogP contribution in [0.25, 0.3) is 5.69 Å². The summed E-state index contributed by atoms with van der Waals surface area (Å²) in [4.78, 5) is 8.05. The summed E-state index contributed by atoms with van der Waals surface area (Å²) < 4.78 is 1.72. The standard InChI is InChI=1S/C14H18N6.HI/c1-3-8-17-14(15-2)18-9-12-4-6-13(7-5-12)20-11-16-10-19-20;/h3-7,10-11H,1,8-9H2,2H3,(H2,15,17,18);1H. The lowest BCUT2D eigenvalue weighted by Crippen LogP contribution is -2.36. The maximum Gasteiger partial charge on any atom is 0.191 e. The van der Waals surface area contributed by atoms with Crippen molar-refractivity contribution in [3.05, 3.63) is 55.1 Å². The summed E-state index contributed by atoms with van der Waals surface area (Å²) in [7, 11) is 1.74. The Balaban J connectivity index is 0.00000220. The number of rotatable bonds is 5. The molecule has 2 N–H and O–H groups in total. The van der Waals surface area contributed by atoms with E-state index in [2.05, 4.69) is 32.3 Å². The Bertz CT molecular complexity index is 562. The van der Waals surface area contributed by atoms with E-state index >= 15 is 0 Å². The zero-order valence-electron chi connectivity index (χ0n) is 11.9. The average molecular weight is 398 g/mol. The quantitative estimate of drug-likeness (QED) is 0.349. The molecule has 0 fully saturated rings. The smallest absolute Gasteiger partial charge is 0.191 e. The van der Waals surface area contributed by atoms with Crippen molar-refractivity contribution in [2.75, 3.05) is 13.6 Å². The van der Waals surface area contributed by atoms with E-state index in [1.807, 2.05) is 24.3 Å². The minimum Gasteiger partial charge on any atom is -0.353 e. The molecule has 0 spiro atoms. The summed E-state index contributed by atoms with van der Waals surface area (Å²) in [6, 6.07) is 8.10. The van der Waals surface area contributed by atoms with Gasteiger partial charge in [-0.3, -0.25) is 4.99 Å². The molecule has 0 aliphatic rings. The van der Waals surface area contributed by atoms with Crippen LogP contribution < -0.4 is 10.6 Å². The molecule has 0 atom stereocenters. The van der Waals surface area contributed by atoms with E-state index < -0.39 is 0 Å². The first-order valence-corrected chi connectivity index (χ1v) is 6.33. The van der Waals surface area contributed by atoms with Gasteiger partial charge in [-0.05, 0) is 17.7 Å². The van der Waals surface area contributed by atoms with Gasteiger partial charge < -0.3 is 10.6 Å². The maximum atomic E-state index is 4.12. The number of aromatic nitrogens is 3. The third-order valence-corrected chi connectivity index (χ3v) is 2.72. The highest BCUT2D eigenvalue weighted by Gasteiger charge is 1.99. The van der Waals surface area contributed by atoms with E-state index in [1.165, 1.54) is 6.33 Å². The van der Waals surface area contributed by atoms with Crippen molar-refractivity contribution in [3.8, 4) is 5.69 Å². The SMILES string of the molecule is C=CCNC(=NC)NCc1ccc(-n2cncn2)cc1.I. The van der Waals surface area contributed by atoms with Crippen LogP contribution in [0.1, 0.15) is 5.56 Å². The average Bonchev–Trinajstić information content (AvgIpc) is 3.02. The number of hydrogen-bond donors (Lipinski definition) is 2. The topological polar surface area (TPSA) is 67.1 Å². The molecule has 21 heavy (non-hydrogen) atoms. The van der Waals surface area contributed by atoms with E-state index in [9.17, 15) is 0 Å². The molecular formula is C14H19IN6. The minimum absolute atomic E-state index is 0. The number of nitrogens with zero attached hydrogens (tertiary/aromatic N) is 4. The second-order valence-electron chi connectivity index (χ2n) is 4.10. The lowest BCUT2D eigenvalue weighted by Gasteiger charge is -2.10. The first-order valence-electron chi connectivity index (χ1n) is 6.33. The van der Waals surface area contributed by atoms with Gasteiger partial charge in [-0.2, -0.15) is 5.10 Å². The Morgan fingerprint density at radius 3 is 2.67 bits per heavy atom. The summed E-state index contributed by atoms with van der Waals surface area (Å²) in [5.41, 5.74) is 2.15. The normalized spacial score (nSPS) is 10.6. The zero-order chi connectivity index (χ0) is 14.2. The number of halogens is 1. The Hall–Kier alpha value is -1.90. The van der Waals surface area contributed by atoms with Crippen molar-refractivity contribution < 1.29 is 0 Å². The summed E-state index contributed by atoms with van der Waals surface area (Å²) in [5, 5.41) is 10.4. The molecule has 1 aromatic heterocycles. The van der Waals surface area contributed by atoms with Gasteiger partial charge >= 0.3 is 0 Å². The molecular weight excluding hydrogens is 379 g/mol. The molecule has 0 radical (unpaired) electrons. The zero-order valence-corrected chi connectivity index (χ0v) is 14.2. The van der Waals surface area contributed by atoms with Gasteiger partial charge in [0.2, 0.25) is 0 Å². The molecule has 0 aliphatic carbocycles. The molecule has 0 saturated heterocycles. The predicted octanol–water partition coefficient (Wildman–Crippen LogP) is 1.74. The highest BCUT2D eigenvalue weighted by molar-refractivity contribution is 14.0. The van der Waals surface area contributed by atoms with Gasteiger partial charge in [-0.25, -0.2) is 9.67 Å². The fourth-order valence-electron chi connectivity index (χ4n) is 1.68. The second-order valence-corrected chi connectivity index (χ2v) is 4.10. The van der Waals surface area contributed by atoms with Gasteiger partial charge in [0.1, 0.15) is 12.7 Å². The van der Waals surface area contributed by atoms with E-state index in [0.717, 1.165) is 17.2 Å². The van der Waals surface area contributed by atoms with E-state index in [1.54, 1.807) is 24.1 Å². The lowest BCUT2D eigenvalue weighted by molar-refractivity contribution is 0.842. The van der Waals surface area contributed by atoms with Crippen LogP contribution in [-0.4, -0.2) is 34.3 Å².